The third kappa shape index (κ3) is 5.08. The summed E-state index contributed by atoms with van der Waals surface area (Å²) in [5.74, 6) is -1.70. The van der Waals surface area contributed by atoms with E-state index in [4.69, 9.17) is 4.74 Å². The van der Waals surface area contributed by atoms with Gasteiger partial charge in [-0.05, 0) is 41.0 Å². The summed E-state index contributed by atoms with van der Waals surface area (Å²) in [7, 11) is 0. The lowest BCUT2D eigenvalue weighted by Gasteiger charge is -2.24. The summed E-state index contributed by atoms with van der Waals surface area (Å²) in [6, 6.07) is 15.5. The number of aliphatic carboxylic acids is 1. The molecule has 0 bridgehead atoms. The Labute approximate surface area is 199 Å². The van der Waals surface area contributed by atoms with Gasteiger partial charge >= 0.3 is 12.1 Å². The lowest BCUT2D eigenvalue weighted by Crippen LogP contribution is -2.46. The number of amides is 2. The number of ether oxygens (including phenoxy) is 1. The van der Waals surface area contributed by atoms with Crippen molar-refractivity contribution in [3.63, 3.8) is 0 Å². The van der Waals surface area contributed by atoms with Crippen molar-refractivity contribution in [1.82, 2.24) is 10.6 Å². The van der Waals surface area contributed by atoms with Crippen LogP contribution >= 0.6 is 0 Å². The van der Waals surface area contributed by atoms with Gasteiger partial charge in [0.05, 0.1) is 5.92 Å². The summed E-state index contributed by atoms with van der Waals surface area (Å²) < 4.78 is 5.62. The van der Waals surface area contributed by atoms with Gasteiger partial charge in [-0.3, -0.25) is 9.59 Å². The number of carbonyl (C=O) groups excluding carboxylic acids is 2. The Hall–Kier alpha value is -3.35. The molecular formula is C27H32N2O5. The summed E-state index contributed by atoms with van der Waals surface area (Å²) in [6.45, 7) is 4.06. The van der Waals surface area contributed by atoms with E-state index in [9.17, 15) is 19.5 Å². The molecule has 1 saturated carbocycles. The fraction of sp³-hybridized carbons (Fsp3) is 0.444. The zero-order valence-electron chi connectivity index (χ0n) is 19.6. The van der Waals surface area contributed by atoms with Crippen LogP contribution in [0.4, 0.5) is 4.79 Å². The highest BCUT2D eigenvalue weighted by atomic mass is 16.5. The van der Waals surface area contributed by atoms with E-state index < -0.39 is 24.0 Å². The maximum Gasteiger partial charge on any atom is 0.407 e. The fourth-order valence-electron chi connectivity index (χ4n) is 5.14. The van der Waals surface area contributed by atoms with Crippen molar-refractivity contribution in [2.24, 2.45) is 11.8 Å². The Balaban J connectivity index is 1.34. The highest BCUT2D eigenvalue weighted by Crippen LogP contribution is 2.44. The predicted octanol–water partition coefficient (Wildman–Crippen LogP) is 4.31. The monoisotopic (exact) mass is 464 g/mol. The second-order valence-corrected chi connectivity index (χ2v) is 9.57. The fourth-order valence-corrected chi connectivity index (χ4v) is 5.14. The van der Waals surface area contributed by atoms with Gasteiger partial charge in [0.25, 0.3) is 0 Å². The van der Waals surface area contributed by atoms with Crippen molar-refractivity contribution in [3.8, 4) is 11.1 Å². The minimum Gasteiger partial charge on any atom is -0.481 e. The van der Waals surface area contributed by atoms with Crippen molar-refractivity contribution < 1.29 is 24.2 Å². The molecule has 3 N–H and O–H groups in total. The second kappa shape index (κ2) is 10.3. The van der Waals surface area contributed by atoms with E-state index >= 15 is 0 Å². The molecule has 2 aliphatic rings. The van der Waals surface area contributed by atoms with Crippen LogP contribution in [0.15, 0.2) is 48.5 Å². The van der Waals surface area contributed by atoms with E-state index in [2.05, 4.69) is 34.9 Å². The number of carboxylic acid groups (broad SMARTS) is 1. The minimum atomic E-state index is -0.875. The maximum atomic E-state index is 12.7. The van der Waals surface area contributed by atoms with Crippen LogP contribution in [0, 0.1) is 11.8 Å². The largest absolute Gasteiger partial charge is 0.481 e. The molecule has 0 aliphatic heterocycles. The first-order chi connectivity index (χ1) is 16.3. The molecule has 2 amide bonds. The van der Waals surface area contributed by atoms with Crippen molar-refractivity contribution in [1.29, 1.82) is 0 Å². The SMILES string of the molecule is CC(C)C(CC(=O)NC1CCCC1C(=O)O)NC(=O)OCC1c2ccccc2-c2ccccc21. The van der Waals surface area contributed by atoms with Crippen LogP contribution in [0.1, 0.15) is 56.6 Å². The second-order valence-electron chi connectivity index (χ2n) is 9.57. The first-order valence-electron chi connectivity index (χ1n) is 12.0. The Morgan fingerprint density at radius 3 is 2.21 bits per heavy atom. The highest BCUT2D eigenvalue weighted by molar-refractivity contribution is 5.80. The number of carbonyl (C=O) groups is 3. The number of benzene rings is 2. The Bertz CT molecular complexity index is 1020. The van der Waals surface area contributed by atoms with Gasteiger partial charge in [0.2, 0.25) is 5.91 Å². The van der Waals surface area contributed by atoms with E-state index in [1.54, 1.807) is 0 Å². The van der Waals surface area contributed by atoms with Gasteiger partial charge < -0.3 is 20.5 Å². The molecule has 3 unspecified atom stereocenters. The summed E-state index contributed by atoms with van der Waals surface area (Å²) in [4.78, 5) is 36.7. The molecule has 7 heteroatoms. The lowest BCUT2D eigenvalue weighted by molar-refractivity contribution is -0.142. The molecule has 0 spiro atoms. The van der Waals surface area contributed by atoms with Crippen LogP contribution in [0.25, 0.3) is 11.1 Å². The van der Waals surface area contributed by atoms with Crippen LogP contribution in [0.5, 0.6) is 0 Å². The Morgan fingerprint density at radius 1 is 1.00 bits per heavy atom. The average molecular weight is 465 g/mol. The van der Waals surface area contributed by atoms with Gasteiger partial charge in [-0.15, -0.1) is 0 Å². The van der Waals surface area contributed by atoms with Gasteiger partial charge in [0, 0.05) is 24.4 Å². The third-order valence-corrected chi connectivity index (χ3v) is 7.04. The quantitative estimate of drug-likeness (QED) is 0.540. The van der Waals surface area contributed by atoms with Crippen molar-refractivity contribution in [2.45, 2.75) is 57.5 Å². The van der Waals surface area contributed by atoms with Gasteiger partial charge in [0.1, 0.15) is 6.61 Å². The van der Waals surface area contributed by atoms with E-state index in [0.717, 1.165) is 28.7 Å². The smallest absolute Gasteiger partial charge is 0.407 e. The summed E-state index contributed by atoms with van der Waals surface area (Å²) in [5, 5.41) is 15.0. The lowest BCUT2D eigenvalue weighted by atomic mass is 9.98. The third-order valence-electron chi connectivity index (χ3n) is 7.04. The van der Waals surface area contributed by atoms with Crippen LogP contribution in [0.3, 0.4) is 0 Å². The summed E-state index contributed by atoms with van der Waals surface area (Å²) >= 11 is 0. The van der Waals surface area contributed by atoms with Crippen molar-refractivity contribution >= 4 is 18.0 Å². The normalized spacial score (nSPS) is 19.9. The zero-order valence-corrected chi connectivity index (χ0v) is 19.6. The Morgan fingerprint density at radius 2 is 1.62 bits per heavy atom. The first kappa shape index (κ1) is 23.8. The summed E-state index contributed by atoms with van der Waals surface area (Å²) in [6.07, 6.45) is 1.54. The highest BCUT2D eigenvalue weighted by Gasteiger charge is 2.34. The molecule has 0 saturated heterocycles. The van der Waals surface area contributed by atoms with E-state index in [0.29, 0.717) is 12.8 Å². The van der Waals surface area contributed by atoms with Gasteiger partial charge in [-0.2, -0.15) is 0 Å². The van der Waals surface area contributed by atoms with Crippen molar-refractivity contribution in [3.05, 3.63) is 59.7 Å². The predicted molar refractivity (Wildman–Crippen MR) is 128 cm³/mol. The molecule has 3 atom stereocenters. The molecule has 2 aromatic rings. The van der Waals surface area contributed by atoms with E-state index in [1.165, 1.54) is 0 Å². The molecule has 4 rings (SSSR count). The molecule has 7 nitrogen and oxygen atoms in total. The number of rotatable bonds is 8. The molecule has 0 aromatic heterocycles. The molecule has 34 heavy (non-hydrogen) atoms. The topological polar surface area (TPSA) is 105 Å². The number of hydrogen-bond acceptors (Lipinski definition) is 4. The molecule has 2 aromatic carbocycles. The van der Waals surface area contributed by atoms with E-state index in [-0.39, 0.29) is 36.8 Å². The molecule has 0 radical (unpaired) electrons. The zero-order chi connectivity index (χ0) is 24.2. The van der Waals surface area contributed by atoms with Crippen LogP contribution in [-0.4, -0.2) is 41.8 Å². The number of hydrogen-bond donors (Lipinski definition) is 3. The number of fused-ring (bicyclic) bond motifs is 3. The molecular weight excluding hydrogens is 432 g/mol. The van der Waals surface area contributed by atoms with Gasteiger partial charge in [-0.1, -0.05) is 68.8 Å². The average Bonchev–Trinajstić information content (AvgIpc) is 3.40. The van der Waals surface area contributed by atoms with E-state index in [1.807, 2.05) is 38.1 Å². The molecule has 1 fully saturated rings. The van der Waals surface area contributed by atoms with Crippen LogP contribution < -0.4 is 10.6 Å². The number of nitrogens with one attached hydrogen (secondary N) is 2. The molecule has 180 valence electrons. The van der Waals surface area contributed by atoms with Gasteiger partial charge in [0.15, 0.2) is 0 Å². The standard InChI is InChI=1S/C27H32N2O5/c1-16(2)24(14-25(30)28-23-13-7-12-21(23)26(31)32)29-27(33)34-15-22-19-10-5-3-8-17(19)18-9-4-6-11-20(18)22/h3-6,8-11,16,21-24H,7,12-15H2,1-2H3,(H,28,30)(H,29,33)(H,31,32). The van der Waals surface area contributed by atoms with Crippen LogP contribution in [-0.2, 0) is 14.3 Å². The summed E-state index contributed by atoms with van der Waals surface area (Å²) in [5.41, 5.74) is 4.60. The number of alkyl carbamates (subject to hydrolysis) is 1. The Kier molecular flexibility index (Phi) is 7.20. The van der Waals surface area contributed by atoms with Crippen LogP contribution in [0.2, 0.25) is 0 Å². The van der Waals surface area contributed by atoms with Gasteiger partial charge in [-0.25, -0.2) is 4.79 Å². The first-order valence-corrected chi connectivity index (χ1v) is 12.0. The van der Waals surface area contributed by atoms with Crippen molar-refractivity contribution in [2.75, 3.05) is 6.61 Å². The molecule has 2 aliphatic carbocycles. The molecule has 0 heterocycles. The number of carboxylic acids is 1. The maximum absolute atomic E-state index is 12.7. The minimum absolute atomic E-state index is 0.00470.